The first kappa shape index (κ1) is 22.8. The molecule has 1 rings (SSSR count). The number of hydrogen-bond acceptors (Lipinski definition) is 6. The van der Waals surface area contributed by atoms with Crippen molar-refractivity contribution in [1.29, 1.82) is 0 Å². The van der Waals surface area contributed by atoms with E-state index in [9.17, 15) is 9.59 Å². The van der Waals surface area contributed by atoms with Crippen LogP contribution in [0.15, 0.2) is 24.3 Å². The van der Waals surface area contributed by atoms with Crippen LogP contribution < -0.4 is 9.47 Å². The Bertz CT molecular complexity index is 560. The lowest BCUT2D eigenvalue weighted by Crippen LogP contribution is -2.38. The molecule has 0 heterocycles. The minimum Gasteiger partial charge on any atom is -0.497 e. The van der Waals surface area contributed by atoms with Crippen molar-refractivity contribution in [1.82, 2.24) is 4.90 Å². The Morgan fingerprint density at radius 1 is 1.00 bits per heavy atom. The molecule has 0 aliphatic heterocycles. The predicted octanol–water partition coefficient (Wildman–Crippen LogP) is 2.53. The van der Waals surface area contributed by atoms with Crippen LogP contribution in [0.1, 0.15) is 26.2 Å². The number of esters is 1. The Kier molecular flexibility index (Phi) is 10.9. The van der Waals surface area contributed by atoms with Gasteiger partial charge in [-0.1, -0.05) is 6.92 Å². The van der Waals surface area contributed by atoms with E-state index in [1.54, 1.807) is 26.0 Å². The van der Waals surface area contributed by atoms with Crippen molar-refractivity contribution in [2.75, 3.05) is 47.6 Å². The van der Waals surface area contributed by atoms with E-state index < -0.39 is 0 Å². The highest BCUT2D eigenvalue weighted by Crippen LogP contribution is 2.17. The second kappa shape index (κ2) is 13.0. The van der Waals surface area contributed by atoms with Crippen LogP contribution in [0.4, 0.5) is 0 Å². The largest absolute Gasteiger partial charge is 0.497 e. The highest BCUT2D eigenvalue weighted by atomic mass is 16.5. The summed E-state index contributed by atoms with van der Waals surface area (Å²) < 4.78 is 20.6. The van der Waals surface area contributed by atoms with Gasteiger partial charge in [-0.25, -0.2) is 0 Å². The molecule has 0 radical (unpaired) electrons. The molecule has 0 saturated carbocycles. The topological polar surface area (TPSA) is 74.3 Å². The Morgan fingerprint density at radius 3 is 2.26 bits per heavy atom. The van der Waals surface area contributed by atoms with E-state index in [0.717, 1.165) is 17.9 Å². The molecule has 0 saturated heterocycles. The molecule has 0 aliphatic rings. The molecule has 0 spiro atoms. The maximum Gasteiger partial charge on any atom is 0.310 e. The van der Waals surface area contributed by atoms with Crippen molar-refractivity contribution in [2.45, 2.75) is 26.2 Å². The Balaban J connectivity index is 2.44. The first-order valence-corrected chi connectivity index (χ1v) is 9.13. The summed E-state index contributed by atoms with van der Waals surface area (Å²) >= 11 is 0. The molecule has 0 N–H and O–H groups in total. The van der Waals surface area contributed by atoms with E-state index in [1.165, 1.54) is 7.11 Å². The molecule has 152 valence electrons. The van der Waals surface area contributed by atoms with Gasteiger partial charge in [0.2, 0.25) is 5.91 Å². The number of carbonyl (C=O) groups excluding carboxylic acids is 2. The SMILES string of the molecule is COCCCN(CC(C)C(=O)OC)C(=O)CCCOc1ccc(OC)cc1. The van der Waals surface area contributed by atoms with Gasteiger partial charge in [0, 0.05) is 33.2 Å². The molecule has 0 aliphatic carbocycles. The van der Waals surface area contributed by atoms with Crippen LogP contribution in [-0.4, -0.2) is 64.4 Å². The number of rotatable bonds is 13. The smallest absolute Gasteiger partial charge is 0.310 e. The number of methoxy groups -OCH3 is 3. The third-order valence-corrected chi connectivity index (χ3v) is 4.09. The van der Waals surface area contributed by atoms with Crippen molar-refractivity contribution in [3.63, 3.8) is 0 Å². The summed E-state index contributed by atoms with van der Waals surface area (Å²) in [7, 11) is 4.59. The van der Waals surface area contributed by atoms with Gasteiger partial charge in [-0.05, 0) is 37.1 Å². The summed E-state index contributed by atoms with van der Waals surface area (Å²) in [6, 6.07) is 7.31. The highest BCUT2D eigenvalue weighted by Gasteiger charge is 2.21. The quantitative estimate of drug-likeness (QED) is 0.386. The zero-order valence-corrected chi connectivity index (χ0v) is 16.7. The third kappa shape index (κ3) is 8.77. The van der Waals surface area contributed by atoms with Gasteiger partial charge in [0.25, 0.3) is 0 Å². The first-order chi connectivity index (χ1) is 13.0. The van der Waals surface area contributed by atoms with Crippen LogP contribution in [0.25, 0.3) is 0 Å². The van der Waals surface area contributed by atoms with Crippen LogP contribution in [-0.2, 0) is 19.1 Å². The Hall–Kier alpha value is -2.28. The normalized spacial score (nSPS) is 11.6. The summed E-state index contributed by atoms with van der Waals surface area (Å²) in [5, 5.41) is 0. The van der Waals surface area contributed by atoms with Gasteiger partial charge >= 0.3 is 5.97 Å². The van der Waals surface area contributed by atoms with Crippen LogP contribution in [0.3, 0.4) is 0 Å². The van der Waals surface area contributed by atoms with E-state index in [4.69, 9.17) is 18.9 Å². The number of ether oxygens (including phenoxy) is 4. The molecular weight excluding hydrogens is 350 g/mol. The van der Waals surface area contributed by atoms with Crippen LogP contribution >= 0.6 is 0 Å². The number of amides is 1. The highest BCUT2D eigenvalue weighted by molar-refractivity contribution is 5.78. The fourth-order valence-electron chi connectivity index (χ4n) is 2.57. The fraction of sp³-hybridized carbons (Fsp3) is 0.600. The van der Waals surface area contributed by atoms with Gasteiger partial charge in [-0.2, -0.15) is 0 Å². The van der Waals surface area contributed by atoms with Crippen molar-refractivity contribution < 1.29 is 28.5 Å². The molecule has 0 aromatic heterocycles. The number of benzene rings is 1. The van der Waals surface area contributed by atoms with Crippen molar-refractivity contribution in [2.24, 2.45) is 5.92 Å². The van der Waals surface area contributed by atoms with Gasteiger partial charge < -0.3 is 23.8 Å². The molecule has 1 amide bonds. The zero-order chi connectivity index (χ0) is 20.1. The third-order valence-electron chi connectivity index (χ3n) is 4.09. The average molecular weight is 381 g/mol. The van der Waals surface area contributed by atoms with E-state index >= 15 is 0 Å². The fourth-order valence-corrected chi connectivity index (χ4v) is 2.57. The van der Waals surface area contributed by atoms with Gasteiger partial charge in [-0.3, -0.25) is 9.59 Å². The first-order valence-electron chi connectivity index (χ1n) is 9.13. The van der Waals surface area contributed by atoms with Crippen molar-refractivity contribution in [3.8, 4) is 11.5 Å². The van der Waals surface area contributed by atoms with Crippen LogP contribution in [0.2, 0.25) is 0 Å². The molecular formula is C20H31NO6. The summed E-state index contributed by atoms with van der Waals surface area (Å²) in [6.45, 7) is 3.66. The summed E-state index contributed by atoms with van der Waals surface area (Å²) in [5.74, 6) is 0.822. The predicted molar refractivity (Wildman–Crippen MR) is 102 cm³/mol. The van der Waals surface area contributed by atoms with Gasteiger partial charge in [0.05, 0.1) is 26.7 Å². The second-order valence-electron chi connectivity index (χ2n) is 6.24. The van der Waals surface area contributed by atoms with Crippen molar-refractivity contribution in [3.05, 3.63) is 24.3 Å². The minimum atomic E-state index is -0.364. The van der Waals surface area contributed by atoms with E-state index in [2.05, 4.69) is 0 Å². The number of carbonyl (C=O) groups is 2. The average Bonchev–Trinajstić information content (AvgIpc) is 2.70. The molecule has 7 nitrogen and oxygen atoms in total. The summed E-state index contributed by atoms with van der Waals surface area (Å²) in [6.07, 6.45) is 1.67. The lowest BCUT2D eigenvalue weighted by atomic mass is 10.1. The van der Waals surface area contributed by atoms with Gasteiger partial charge in [0.15, 0.2) is 0 Å². The molecule has 1 unspecified atom stereocenters. The molecule has 7 heteroatoms. The maximum absolute atomic E-state index is 12.5. The molecule has 0 fully saturated rings. The van der Waals surface area contributed by atoms with Crippen molar-refractivity contribution >= 4 is 11.9 Å². The Labute approximate surface area is 161 Å². The van der Waals surface area contributed by atoms with Gasteiger partial charge in [0.1, 0.15) is 11.5 Å². The Morgan fingerprint density at radius 2 is 1.67 bits per heavy atom. The molecule has 0 bridgehead atoms. The second-order valence-corrected chi connectivity index (χ2v) is 6.24. The van der Waals surface area contributed by atoms with Gasteiger partial charge in [-0.15, -0.1) is 0 Å². The zero-order valence-electron chi connectivity index (χ0n) is 16.7. The molecule has 1 atom stereocenters. The van der Waals surface area contributed by atoms with E-state index in [-0.39, 0.29) is 17.8 Å². The molecule has 27 heavy (non-hydrogen) atoms. The lowest BCUT2D eigenvalue weighted by molar-refractivity contribution is -0.146. The summed E-state index contributed by atoms with van der Waals surface area (Å²) in [5.41, 5.74) is 0. The molecule has 1 aromatic rings. The monoisotopic (exact) mass is 381 g/mol. The lowest BCUT2D eigenvalue weighted by Gasteiger charge is -2.25. The number of nitrogens with zero attached hydrogens (tertiary/aromatic N) is 1. The van der Waals surface area contributed by atoms with E-state index in [0.29, 0.717) is 39.1 Å². The van der Waals surface area contributed by atoms with Crippen LogP contribution in [0, 0.1) is 5.92 Å². The standard InChI is InChI=1S/C20H31NO6/c1-16(20(23)26-4)15-21(12-6-13-24-2)19(22)7-5-14-27-18-10-8-17(25-3)9-11-18/h8-11,16H,5-7,12-15H2,1-4H3. The maximum atomic E-state index is 12.5. The van der Waals surface area contributed by atoms with Crippen LogP contribution in [0.5, 0.6) is 11.5 Å². The number of hydrogen-bond donors (Lipinski definition) is 0. The molecule has 1 aromatic carbocycles. The minimum absolute atomic E-state index is 0.000173. The van der Waals surface area contributed by atoms with E-state index in [1.807, 2.05) is 24.3 Å². The summed E-state index contributed by atoms with van der Waals surface area (Å²) in [4.78, 5) is 25.9.